The van der Waals surface area contributed by atoms with E-state index in [-0.39, 0.29) is 50.9 Å². The summed E-state index contributed by atoms with van der Waals surface area (Å²) in [5, 5.41) is 60.1. The number of nitrogens with zero attached hydrogens (tertiary/aromatic N) is 12. The van der Waals surface area contributed by atoms with E-state index in [1.165, 1.54) is 0 Å². The van der Waals surface area contributed by atoms with Crippen LogP contribution in [0, 0.1) is 0 Å². The summed E-state index contributed by atoms with van der Waals surface area (Å²) in [4.78, 5) is 100. The van der Waals surface area contributed by atoms with E-state index in [4.69, 9.17) is 31.4 Å². The van der Waals surface area contributed by atoms with Gasteiger partial charge in [-0.3, -0.25) is 41.0 Å². The smallest absolute Gasteiger partial charge is 0.387 e. The van der Waals surface area contributed by atoms with Gasteiger partial charge in [0.15, 0.2) is 53.1 Å². The van der Waals surface area contributed by atoms with Gasteiger partial charge in [0.1, 0.15) is 90.5 Å². The van der Waals surface area contributed by atoms with E-state index in [0.717, 1.165) is 51.7 Å². The molecule has 6 aromatic heterocycles. The first kappa shape index (κ1) is 59.2. The summed E-state index contributed by atoms with van der Waals surface area (Å²) < 4.78 is 128. The number of fused-ring (bicyclic) bond motifs is 3. The summed E-state index contributed by atoms with van der Waals surface area (Å²) in [6.07, 6.45) is -16.2. The molecule has 42 nitrogen and oxygen atoms in total. The zero-order chi connectivity index (χ0) is 57.5. The normalized spacial score (nSPS) is 31.6. The number of imidazole rings is 3. The Morgan fingerprint density at radius 2 is 0.684 bits per heavy atom. The lowest BCUT2D eigenvalue weighted by Gasteiger charge is -2.30. The van der Waals surface area contributed by atoms with Gasteiger partial charge >= 0.3 is 46.3 Å². The van der Waals surface area contributed by atoms with Crippen LogP contribution in [0.5, 0.6) is 0 Å². The molecular weight excluding hydrogens is 1200 g/mol. The maximum Gasteiger partial charge on any atom is 0.479 e. The molecule has 3 fully saturated rings. The molecule has 0 radical (unpaired) electrons. The number of ether oxygens (including phenoxy) is 3. The molecule has 48 heteroatoms. The highest BCUT2D eigenvalue weighted by atomic mass is 31.3. The predicted molar refractivity (Wildman–Crippen MR) is 251 cm³/mol. The molecule has 0 saturated carbocycles. The predicted octanol–water partition coefficient (Wildman–Crippen LogP) is -3.65. The van der Waals surface area contributed by atoms with Crippen LogP contribution in [-0.2, 0) is 68.1 Å². The molecule has 0 aliphatic carbocycles. The Labute approximate surface area is 436 Å². The molecule has 0 amide bonds. The third-order valence-corrected chi connectivity index (χ3v) is 25.5. The van der Waals surface area contributed by atoms with Crippen molar-refractivity contribution in [2.75, 3.05) is 37.0 Å². The Hall–Kier alpha value is -4.41. The summed E-state index contributed by atoms with van der Waals surface area (Å²) in [6.45, 7) is -4.24. The van der Waals surface area contributed by atoms with Crippen LogP contribution >= 0.6 is 46.3 Å². The first-order chi connectivity index (χ1) is 36.8. The zero-order valence-corrected chi connectivity index (χ0v) is 44.2. The Bertz CT molecular complexity index is 3220. The number of phosphoric ester groups is 3. The molecule has 0 aromatic carbocycles. The molecule has 79 heavy (non-hydrogen) atoms. The molecule has 0 spiro atoms. The van der Waals surface area contributed by atoms with Gasteiger partial charge in [-0.05, 0) is 0 Å². The van der Waals surface area contributed by atoms with Gasteiger partial charge in [0.05, 0.1) is 38.8 Å². The standard InChI is InChI=1S/C31H43N15O27P6/c32-22-13-25(38-4-35-22)44(7-41-13)28-19(50)16(47)10(68-28)1-65-77(59,60)71-74(53,54)31(75(55,56)72-78(61,62)66-2-11-17(48)20(51)29(69-11)45-8-42-14-23(33)36-5-39-26(14)45)76(57,58)73-79(63,64)67-3-12-18(49)21(52)30(70-12)46-9-43-15-24(34)37-6-40-27(15)46/h4-12,16-21,28-31,47-52H,1-3H2,(H,53,54)(H,55,56)(H,57,58)(H,59,60)(H,61,62)(H,63,64)(H2,32,35,38)(H2,33,36,39)(H2,34,37,40)/t10-,11-,12-,16-,17-,18-,19-,20-,21-,28-,29-,30-/m1/s1. The molecule has 6 aromatic rings. The van der Waals surface area contributed by atoms with E-state index in [1.807, 2.05) is 0 Å². The van der Waals surface area contributed by atoms with Gasteiger partial charge in [-0.2, -0.15) is 0 Å². The molecule has 9 rings (SSSR count). The Morgan fingerprint density at radius 3 is 0.937 bits per heavy atom. The maximum atomic E-state index is 14.0. The highest BCUT2D eigenvalue weighted by Crippen LogP contribution is 2.85. The number of aliphatic hydroxyl groups excluding tert-OH is 6. The lowest BCUT2D eigenvalue weighted by atomic mass is 10.1. The van der Waals surface area contributed by atoms with Crippen molar-refractivity contribution in [2.24, 2.45) is 0 Å². The van der Waals surface area contributed by atoms with Gasteiger partial charge in [0.2, 0.25) is 0 Å². The van der Waals surface area contributed by atoms with E-state index >= 15 is 0 Å². The first-order valence-corrected chi connectivity index (χ1v) is 31.1. The molecular formula is C31H43N15O27P6. The van der Waals surface area contributed by atoms with Crippen molar-refractivity contribution < 1.29 is 128 Å². The molecule has 3 aliphatic heterocycles. The van der Waals surface area contributed by atoms with Gasteiger partial charge in [-0.25, -0.2) is 71.5 Å². The van der Waals surface area contributed by atoms with E-state index < -0.39 is 145 Å². The average Bonchev–Trinajstić information content (AvgIpc) is 4.21. The minimum Gasteiger partial charge on any atom is -0.387 e. The zero-order valence-electron chi connectivity index (χ0n) is 38.9. The number of hydrogen-bond donors (Lipinski definition) is 15. The number of aromatic nitrogens is 12. The van der Waals surface area contributed by atoms with Crippen LogP contribution in [0.2, 0.25) is 0 Å². The van der Waals surface area contributed by atoms with E-state index in [9.17, 15) is 87.4 Å². The van der Waals surface area contributed by atoms with Crippen molar-refractivity contribution in [3.63, 3.8) is 0 Å². The average molecular weight is 1240 g/mol. The monoisotopic (exact) mass is 1240 g/mol. The molecule has 3 aliphatic rings. The number of hydrogen-bond acceptors (Lipinski definition) is 33. The number of nitrogens with two attached hydrogens (primary N) is 3. The number of aliphatic hydroxyl groups is 6. The third-order valence-electron chi connectivity index (χ3n) is 11.7. The van der Waals surface area contributed by atoms with E-state index in [0.29, 0.717) is 0 Å². The van der Waals surface area contributed by atoms with Crippen LogP contribution in [0.25, 0.3) is 33.5 Å². The van der Waals surface area contributed by atoms with Crippen LogP contribution in [0.4, 0.5) is 17.5 Å². The Morgan fingerprint density at radius 1 is 0.430 bits per heavy atom. The minimum absolute atomic E-state index is 0.00781. The molecule has 0 bridgehead atoms. The number of nitrogen functional groups attached to an aromatic ring is 3. The lowest BCUT2D eigenvalue weighted by molar-refractivity contribution is -0.0502. The van der Waals surface area contributed by atoms with Crippen molar-refractivity contribution in [2.45, 2.75) is 78.8 Å². The topological polar surface area (TPSA) is 637 Å². The van der Waals surface area contributed by atoms with Gasteiger partial charge in [0.25, 0.3) is 5.14 Å². The van der Waals surface area contributed by atoms with Gasteiger partial charge < -0.3 is 91.4 Å². The van der Waals surface area contributed by atoms with Crippen LogP contribution < -0.4 is 17.2 Å². The molecule has 6 unspecified atom stereocenters. The van der Waals surface area contributed by atoms with Crippen molar-refractivity contribution in [1.82, 2.24) is 58.6 Å². The first-order valence-electron chi connectivity index (χ1n) is 21.7. The van der Waals surface area contributed by atoms with Gasteiger partial charge in [-0.15, -0.1) is 0 Å². The number of anilines is 3. The fraction of sp³-hybridized carbons (Fsp3) is 0.516. The van der Waals surface area contributed by atoms with Crippen molar-refractivity contribution in [3.8, 4) is 0 Å². The van der Waals surface area contributed by atoms with E-state index in [2.05, 4.69) is 71.4 Å². The second-order valence-corrected chi connectivity index (χ2v) is 28.7. The summed E-state index contributed by atoms with van der Waals surface area (Å²) in [5.41, 5.74) is 17.2. The molecule has 3 saturated heterocycles. The second-order valence-electron chi connectivity index (χ2n) is 17.0. The minimum atomic E-state index is -7.18. The van der Waals surface area contributed by atoms with Crippen molar-refractivity contribution >= 4 is 97.2 Å². The summed E-state index contributed by atoms with van der Waals surface area (Å²) >= 11 is 0. The molecule has 18 atom stereocenters. The lowest BCUT2D eigenvalue weighted by Crippen LogP contribution is -2.33. The summed E-state index contributed by atoms with van der Waals surface area (Å²) in [5.74, 6) is -0.348. The molecule has 434 valence electrons. The van der Waals surface area contributed by atoms with Gasteiger partial charge in [0, 0.05) is 0 Å². The maximum absolute atomic E-state index is 14.0. The molecule has 18 N–H and O–H groups in total. The van der Waals surface area contributed by atoms with Crippen molar-refractivity contribution in [1.29, 1.82) is 0 Å². The number of phosphoric acid groups is 3. The fourth-order valence-electron chi connectivity index (χ4n) is 8.16. The number of rotatable bonds is 21. The largest absolute Gasteiger partial charge is 0.479 e. The van der Waals surface area contributed by atoms with Crippen LogP contribution in [-0.4, -0.2) is 198 Å². The van der Waals surface area contributed by atoms with E-state index in [1.54, 1.807) is 0 Å². The fourth-order valence-corrected chi connectivity index (χ4v) is 21.0. The van der Waals surface area contributed by atoms with Gasteiger partial charge in [-0.1, -0.05) is 0 Å². The summed E-state index contributed by atoms with van der Waals surface area (Å²) in [7, 11) is -40.8. The SMILES string of the molecule is Nc1ncnc2c1ncn2[C@@H]1O[C@H](COP(=O)(O)OP(=O)(O)C(P(=O)(O)OP(=O)(O)OC[C@H]2O[C@@H](n3cnc4c(N)ncnc43)[C@H](O)[C@@H]2O)P(=O)(O)OP(=O)(O)OC[C@H]2O[C@@H](n3cnc4c(N)ncnc43)[C@H](O)[C@@H]2O)[C@@H](O)[C@H]1O. The van der Waals surface area contributed by atoms with Crippen LogP contribution in [0.15, 0.2) is 38.0 Å². The third kappa shape index (κ3) is 11.8. The highest BCUT2D eigenvalue weighted by Gasteiger charge is 2.65. The Kier molecular flexibility index (Phi) is 16.3. The van der Waals surface area contributed by atoms with Crippen molar-refractivity contribution in [3.05, 3.63) is 38.0 Å². The summed E-state index contributed by atoms with van der Waals surface area (Å²) in [6, 6.07) is 0. The second kappa shape index (κ2) is 21.7. The van der Waals surface area contributed by atoms with Crippen LogP contribution in [0.1, 0.15) is 18.7 Å². The molecule has 9 heterocycles. The highest BCUT2D eigenvalue weighted by molar-refractivity contribution is 7.91. The van der Waals surface area contributed by atoms with Crippen LogP contribution in [0.3, 0.4) is 0 Å². The quantitative estimate of drug-likeness (QED) is 0.0309. The Balaban J connectivity index is 0.926.